The molecule has 1 aliphatic rings. The highest BCUT2D eigenvalue weighted by Gasteiger charge is 2.33. The zero-order valence-corrected chi connectivity index (χ0v) is 15.6. The first-order valence-corrected chi connectivity index (χ1v) is 9.37. The Morgan fingerprint density at radius 2 is 1.63 bits per heavy atom. The zero-order valence-electron chi connectivity index (χ0n) is 15.6. The number of amides is 1. The minimum Gasteiger partial charge on any atom is -0.467 e. The van der Waals surface area contributed by atoms with Gasteiger partial charge in [0.2, 0.25) is 0 Å². The Labute approximate surface area is 160 Å². The van der Waals surface area contributed by atoms with Gasteiger partial charge in [-0.25, -0.2) is 4.79 Å². The molecular formula is C22H26N2O3. The number of hydrogen-bond donors (Lipinski definition) is 1. The molecule has 1 heterocycles. The normalized spacial score (nSPS) is 16.5. The molecule has 1 unspecified atom stereocenters. The van der Waals surface area contributed by atoms with E-state index in [1.807, 2.05) is 24.3 Å². The van der Waals surface area contributed by atoms with Gasteiger partial charge in [-0.05, 0) is 49.5 Å². The molecule has 3 rings (SSSR count). The molecule has 2 aromatic rings. The fourth-order valence-corrected chi connectivity index (χ4v) is 3.60. The van der Waals surface area contributed by atoms with Crippen LogP contribution in [0.1, 0.15) is 28.8 Å². The lowest BCUT2D eigenvalue weighted by Crippen LogP contribution is -2.50. The average Bonchev–Trinajstić information content (AvgIpc) is 2.73. The van der Waals surface area contributed by atoms with Gasteiger partial charge in [-0.3, -0.25) is 9.69 Å². The smallest absolute Gasteiger partial charge is 0.328 e. The van der Waals surface area contributed by atoms with E-state index in [1.165, 1.54) is 12.7 Å². The number of hydrogen-bond acceptors (Lipinski definition) is 4. The number of nitrogens with one attached hydrogen (secondary N) is 1. The van der Waals surface area contributed by atoms with Gasteiger partial charge in [0.1, 0.15) is 6.04 Å². The van der Waals surface area contributed by atoms with E-state index in [4.69, 9.17) is 4.74 Å². The van der Waals surface area contributed by atoms with Crippen molar-refractivity contribution in [2.45, 2.75) is 25.4 Å². The first-order chi connectivity index (χ1) is 13.2. The van der Waals surface area contributed by atoms with Gasteiger partial charge < -0.3 is 10.1 Å². The Hall–Kier alpha value is -2.66. The Bertz CT molecular complexity index is 741. The number of carbonyl (C=O) groups excluding carboxylic acids is 2. The summed E-state index contributed by atoms with van der Waals surface area (Å²) in [5.74, 6) is -0.532. The molecule has 0 radical (unpaired) electrons. The maximum atomic E-state index is 12.5. The molecule has 1 atom stereocenters. The van der Waals surface area contributed by atoms with Crippen molar-refractivity contribution >= 4 is 11.9 Å². The van der Waals surface area contributed by atoms with Crippen LogP contribution in [0.15, 0.2) is 60.7 Å². The fraction of sp³-hybridized carbons (Fsp3) is 0.364. The zero-order chi connectivity index (χ0) is 19.1. The molecule has 0 aliphatic carbocycles. The summed E-state index contributed by atoms with van der Waals surface area (Å²) in [5.41, 5.74) is 1.84. The van der Waals surface area contributed by atoms with Crippen LogP contribution in [0, 0.1) is 5.92 Å². The fourth-order valence-electron chi connectivity index (χ4n) is 3.60. The number of rotatable bonds is 6. The van der Waals surface area contributed by atoms with E-state index in [0.717, 1.165) is 32.5 Å². The summed E-state index contributed by atoms with van der Waals surface area (Å²) in [6.07, 6.45) is 1.70. The van der Waals surface area contributed by atoms with Crippen molar-refractivity contribution in [2.75, 3.05) is 20.2 Å². The van der Waals surface area contributed by atoms with Crippen molar-refractivity contribution in [3.8, 4) is 0 Å². The molecule has 0 spiro atoms. The first kappa shape index (κ1) is 19.1. The van der Waals surface area contributed by atoms with Crippen LogP contribution in [0.5, 0.6) is 0 Å². The molecule has 0 saturated carbocycles. The highest BCUT2D eigenvalue weighted by Crippen LogP contribution is 2.23. The molecule has 27 heavy (non-hydrogen) atoms. The molecular weight excluding hydrogens is 340 g/mol. The number of piperidine rings is 1. The van der Waals surface area contributed by atoms with E-state index in [0.29, 0.717) is 5.56 Å². The Kier molecular flexibility index (Phi) is 6.60. The lowest BCUT2D eigenvalue weighted by molar-refractivity contribution is -0.144. The average molecular weight is 366 g/mol. The molecule has 1 N–H and O–H groups in total. The summed E-state index contributed by atoms with van der Waals surface area (Å²) in [5, 5.41) is 2.89. The molecule has 1 saturated heterocycles. The first-order valence-electron chi connectivity index (χ1n) is 9.37. The second kappa shape index (κ2) is 9.33. The molecule has 2 aromatic carbocycles. The van der Waals surface area contributed by atoms with E-state index in [1.54, 1.807) is 12.1 Å². The van der Waals surface area contributed by atoms with Crippen LogP contribution >= 0.6 is 0 Å². The van der Waals surface area contributed by atoms with Crippen LogP contribution < -0.4 is 5.32 Å². The maximum absolute atomic E-state index is 12.5. The Balaban J connectivity index is 1.59. The lowest BCUT2D eigenvalue weighted by Gasteiger charge is -2.35. The lowest BCUT2D eigenvalue weighted by atomic mass is 9.89. The summed E-state index contributed by atoms with van der Waals surface area (Å²) < 4.78 is 4.96. The largest absolute Gasteiger partial charge is 0.467 e. The van der Waals surface area contributed by atoms with Crippen LogP contribution in [0.4, 0.5) is 0 Å². The van der Waals surface area contributed by atoms with E-state index < -0.39 is 6.04 Å². The van der Waals surface area contributed by atoms with Crippen LogP contribution in [-0.2, 0) is 16.1 Å². The topological polar surface area (TPSA) is 58.6 Å². The second-order valence-corrected chi connectivity index (χ2v) is 6.94. The summed E-state index contributed by atoms with van der Waals surface area (Å²) in [6, 6.07) is 18.7. The number of ether oxygens (including phenoxy) is 1. The summed E-state index contributed by atoms with van der Waals surface area (Å²) >= 11 is 0. The summed E-state index contributed by atoms with van der Waals surface area (Å²) in [6.45, 7) is 2.70. The van der Waals surface area contributed by atoms with Crippen LogP contribution in [0.25, 0.3) is 0 Å². The number of likely N-dealkylation sites (tertiary alicyclic amines) is 1. The molecule has 142 valence electrons. The Morgan fingerprint density at radius 3 is 2.22 bits per heavy atom. The number of nitrogens with zero attached hydrogens (tertiary/aromatic N) is 1. The molecule has 1 fully saturated rings. The van der Waals surface area contributed by atoms with Gasteiger partial charge in [-0.15, -0.1) is 0 Å². The monoisotopic (exact) mass is 366 g/mol. The predicted octanol–water partition coefficient (Wildman–Crippen LogP) is 2.87. The third kappa shape index (κ3) is 5.17. The van der Waals surface area contributed by atoms with Crippen LogP contribution in [0.2, 0.25) is 0 Å². The van der Waals surface area contributed by atoms with Gasteiger partial charge >= 0.3 is 5.97 Å². The van der Waals surface area contributed by atoms with E-state index >= 15 is 0 Å². The highest BCUT2D eigenvalue weighted by molar-refractivity contribution is 5.96. The van der Waals surface area contributed by atoms with Crippen molar-refractivity contribution in [1.82, 2.24) is 10.2 Å². The molecule has 0 aromatic heterocycles. The third-order valence-corrected chi connectivity index (χ3v) is 5.13. The van der Waals surface area contributed by atoms with Gasteiger partial charge in [-0.2, -0.15) is 0 Å². The van der Waals surface area contributed by atoms with Crippen molar-refractivity contribution in [3.63, 3.8) is 0 Å². The van der Waals surface area contributed by atoms with Crippen molar-refractivity contribution < 1.29 is 14.3 Å². The van der Waals surface area contributed by atoms with Crippen molar-refractivity contribution in [1.29, 1.82) is 0 Å². The van der Waals surface area contributed by atoms with Gasteiger partial charge in [0.05, 0.1) is 7.11 Å². The third-order valence-electron chi connectivity index (χ3n) is 5.13. The van der Waals surface area contributed by atoms with Gasteiger partial charge in [-0.1, -0.05) is 48.5 Å². The predicted molar refractivity (Wildman–Crippen MR) is 104 cm³/mol. The van der Waals surface area contributed by atoms with Gasteiger partial charge in [0, 0.05) is 12.1 Å². The summed E-state index contributed by atoms with van der Waals surface area (Å²) in [7, 11) is 1.37. The number of esters is 1. The Morgan fingerprint density at radius 1 is 1.04 bits per heavy atom. The van der Waals surface area contributed by atoms with E-state index in [9.17, 15) is 9.59 Å². The second-order valence-electron chi connectivity index (χ2n) is 6.94. The molecule has 0 bridgehead atoms. The SMILES string of the molecule is COC(=O)C(NC(=O)c1ccccc1)C1CCN(Cc2ccccc2)CC1. The van der Waals surface area contributed by atoms with E-state index in [-0.39, 0.29) is 17.8 Å². The van der Waals surface area contributed by atoms with Crippen molar-refractivity contribution in [3.05, 3.63) is 71.8 Å². The van der Waals surface area contributed by atoms with Gasteiger partial charge in [0.15, 0.2) is 0 Å². The quantitative estimate of drug-likeness (QED) is 0.799. The number of methoxy groups -OCH3 is 1. The van der Waals surface area contributed by atoms with Crippen LogP contribution in [0.3, 0.4) is 0 Å². The maximum Gasteiger partial charge on any atom is 0.328 e. The molecule has 5 nitrogen and oxygen atoms in total. The molecule has 1 amide bonds. The molecule has 5 heteroatoms. The number of benzene rings is 2. The highest BCUT2D eigenvalue weighted by atomic mass is 16.5. The standard InChI is InChI=1S/C22H26N2O3/c1-27-22(26)20(23-21(25)19-10-6-3-7-11-19)18-12-14-24(15-13-18)16-17-8-4-2-5-9-17/h2-11,18,20H,12-16H2,1H3,(H,23,25). The number of carbonyl (C=O) groups is 2. The van der Waals surface area contributed by atoms with E-state index in [2.05, 4.69) is 34.5 Å². The van der Waals surface area contributed by atoms with Gasteiger partial charge in [0.25, 0.3) is 5.91 Å². The van der Waals surface area contributed by atoms with Crippen molar-refractivity contribution in [2.24, 2.45) is 5.92 Å². The molecule has 1 aliphatic heterocycles. The summed E-state index contributed by atoms with van der Waals surface area (Å²) in [4.78, 5) is 27.2. The minimum absolute atomic E-state index is 0.0807. The van der Waals surface area contributed by atoms with Crippen LogP contribution in [-0.4, -0.2) is 43.0 Å². The minimum atomic E-state index is -0.610.